The number of nitrogens with zero attached hydrogens (tertiary/aromatic N) is 2. The molecule has 0 bridgehead atoms. The van der Waals surface area contributed by atoms with Gasteiger partial charge in [-0.2, -0.15) is 0 Å². The highest BCUT2D eigenvalue weighted by molar-refractivity contribution is 6.06. The van der Waals surface area contributed by atoms with Crippen LogP contribution in [0.2, 0.25) is 0 Å². The molecular formula is C17H16N2O2. The van der Waals surface area contributed by atoms with Gasteiger partial charge in [0.05, 0.1) is 5.56 Å². The van der Waals surface area contributed by atoms with Crippen LogP contribution in [0.15, 0.2) is 48.7 Å². The second-order valence-corrected chi connectivity index (χ2v) is 4.24. The number of carbonyl (C=O) groups is 1. The molecule has 0 saturated carbocycles. The van der Waals surface area contributed by atoms with Gasteiger partial charge in [-0.15, -0.1) is 0 Å². The van der Waals surface area contributed by atoms with Crippen LogP contribution in [-0.2, 0) is 0 Å². The van der Waals surface area contributed by atoms with Gasteiger partial charge in [0.25, 0.3) is 5.91 Å². The van der Waals surface area contributed by atoms with Gasteiger partial charge in [-0.05, 0) is 31.2 Å². The molecule has 21 heavy (non-hydrogen) atoms. The molecule has 2 aromatic rings. The topological polar surface area (TPSA) is 53.4 Å². The number of pyridine rings is 1. The minimum atomic E-state index is -0.251. The van der Waals surface area contributed by atoms with E-state index in [2.05, 4.69) is 16.8 Å². The van der Waals surface area contributed by atoms with E-state index in [4.69, 9.17) is 5.11 Å². The zero-order valence-electron chi connectivity index (χ0n) is 11.8. The van der Waals surface area contributed by atoms with E-state index in [1.54, 1.807) is 23.2 Å². The van der Waals surface area contributed by atoms with Gasteiger partial charge in [0.2, 0.25) is 0 Å². The summed E-state index contributed by atoms with van der Waals surface area (Å²) in [5, 5.41) is 8.80. The number of aliphatic hydroxyl groups is 1. The number of hydrogen-bond acceptors (Lipinski definition) is 3. The van der Waals surface area contributed by atoms with E-state index in [1.165, 1.54) is 0 Å². The van der Waals surface area contributed by atoms with Gasteiger partial charge in [-0.1, -0.05) is 30.0 Å². The Morgan fingerprint density at radius 2 is 2.00 bits per heavy atom. The van der Waals surface area contributed by atoms with E-state index in [-0.39, 0.29) is 12.5 Å². The molecule has 0 fully saturated rings. The lowest BCUT2D eigenvalue weighted by Gasteiger charge is -2.21. The highest BCUT2D eigenvalue weighted by Crippen LogP contribution is 2.17. The molecule has 1 aromatic carbocycles. The molecular weight excluding hydrogens is 264 g/mol. The molecule has 0 aliphatic carbocycles. The Morgan fingerprint density at radius 3 is 2.67 bits per heavy atom. The van der Waals surface area contributed by atoms with Crippen LogP contribution in [-0.4, -0.2) is 29.1 Å². The molecule has 0 aliphatic heterocycles. The van der Waals surface area contributed by atoms with Crippen molar-refractivity contribution in [2.24, 2.45) is 0 Å². The largest absolute Gasteiger partial charge is 0.384 e. The van der Waals surface area contributed by atoms with Crippen LogP contribution in [0.5, 0.6) is 0 Å². The summed E-state index contributed by atoms with van der Waals surface area (Å²) in [6, 6.07) is 12.9. The lowest BCUT2D eigenvalue weighted by molar-refractivity contribution is 0.0983. The lowest BCUT2D eigenvalue weighted by Crippen LogP contribution is -2.31. The van der Waals surface area contributed by atoms with Crippen LogP contribution in [0.3, 0.4) is 0 Å². The first-order valence-corrected chi connectivity index (χ1v) is 6.69. The van der Waals surface area contributed by atoms with E-state index in [0.717, 1.165) is 5.69 Å². The summed E-state index contributed by atoms with van der Waals surface area (Å²) >= 11 is 0. The first-order valence-electron chi connectivity index (χ1n) is 6.69. The third-order valence-corrected chi connectivity index (χ3v) is 2.94. The van der Waals surface area contributed by atoms with E-state index >= 15 is 0 Å². The molecule has 0 aliphatic rings. The number of hydrogen-bond donors (Lipinski definition) is 1. The molecule has 106 valence electrons. The van der Waals surface area contributed by atoms with Crippen molar-refractivity contribution in [3.63, 3.8) is 0 Å². The van der Waals surface area contributed by atoms with Crippen molar-refractivity contribution in [2.45, 2.75) is 6.92 Å². The molecule has 0 radical (unpaired) electrons. The van der Waals surface area contributed by atoms with Crippen molar-refractivity contribution in [3.8, 4) is 11.8 Å². The van der Waals surface area contributed by atoms with Crippen molar-refractivity contribution in [3.05, 3.63) is 59.9 Å². The maximum Gasteiger partial charge on any atom is 0.278 e. The number of anilines is 1. The molecule has 2 rings (SSSR count). The predicted molar refractivity (Wildman–Crippen MR) is 82.0 cm³/mol. The fraction of sp³-hybridized carbons (Fsp3) is 0.176. The summed E-state index contributed by atoms with van der Waals surface area (Å²) in [5.41, 5.74) is 1.63. The van der Waals surface area contributed by atoms with Crippen LogP contribution >= 0.6 is 0 Å². The van der Waals surface area contributed by atoms with Crippen LogP contribution in [0.1, 0.15) is 23.0 Å². The fourth-order valence-electron chi connectivity index (χ4n) is 1.99. The first-order chi connectivity index (χ1) is 10.3. The third-order valence-electron chi connectivity index (χ3n) is 2.94. The third kappa shape index (κ3) is 3.47. The summed E-state index contributed by atoms with van der Waals surface area (Å²) in [4.78, 5) is 18.5. The zero-order chi connectivity index (χ0) is 15.1. The average Bonchev–Trinajstić information content (AvgIpc) is 2.55. The number of rotatable bonds is 3. The Balaban J connectivity index is 2.39. The number of aliphatic hydroxyl groups excluding tert-OH is 1. The first kappa shape index (κ1) is 14.8. The standard InChI is InChI=1S/C17H16N2O2/c1-2-19(15-10-4-3-5-11-15)17(21)16-14(9-7-13-20)8-6-12-18-16/h3-6,8,10-12,20H,2,13H2,1H3. The van der Waals surface area contributed by atoms with Gasteiger partial charge in [0, 0.05) is 18.4 Å². The van der Waals surface area contributed by atoms with Crippen LogP contribution in [0.4, 0.5) is 5.69 Å². The van der Waals surface area contributed by atoms with Gasteiger partial charge >= 0.3 is 0 Å². The molecule has 0 saturated heterocycles. The number of para-hydroxylation sites is 1. The van der Waals surface area contributed by atoms with E-state index in [9.17, 15) is 4.79 Å². The van der Waals surface area contributed by atoms with E-state index in [1.807, 2.05) is 37.3 Å². The zero-order valence-corrected chi connectivity index (χ0v) is 11.8. The van der Waals surface area contributed by atoms with Crippen molar-refractivity contribution in [1.82, 2.24) is 4.98 Å². The Bertz CT molecular complexity index is 672. The monoisotopic (exact) mass is 280 g/mol. The molecule has 4 nitrogen and oxygen atoms in total. The predicted octanol–water partition coefficient (Wildman–Crippen LogP) is 2.09. The molecule has 0 unspecified atom stereocenters. The quantitative estimate of drug-likeness (QED) is 0.876. The van der Waals surface area contributed by atoms with Crippen molar-refractivity contribution in [2.75, 3.05) is 18.1 Å². The van der Waals surface area contributed by atoms with Gasteiger partial charge < -0.3 is 10.0 Å². The SMILES string of the molecule is CCN(C(=O)c1ncccc1C#CCO)c1ccccc1. The Kier molecular flexibility index (Phi) is 5.08. The second-order valence-electron chi connectivity index (χ2n) is 4.24. The molecule has 1 amide bonds. The smallest absolute Gasteiger partial charge is 0.278 e. The van der Waals surface area contributed by atoms with Crippen molar-refractivity contribution in [1.29, 1.82) is 0 Å². The number of carbonyl (C=O) groups excluding carboxylic acids is 1. The summed E-state index contributed by atoms with van der Waals surface area (Å²) in [6.45, 7) is 2.19. The molecule has 1 N–H and O–H groups in total. The minimum Gasteiger partial charge on any atom is -0.384 e. The Labute approximate surface area is 124 Å². The highest BCUT2D eigenvalue weighted by Gasteiger charge is 2.19. The lowest BCUT2D eigenvalue weighted by atomic mass is 10.1. The van der Waals surface area contributed by atoms with E-state index < -0.39 is 0 Å². The van der Waals surface area contributed by atoms with Crippen LogP contribution in [0.25, 0.3) is 0 Å². The van der Waals surface area contributed by atoms with Gasteiger partial charge in [0.15, 0.2) is 0 Å². The Morgan fingerprint density at radius 1 is 1.24 bits per heavy atom. The van der Waals surface area contributed by atoms with Gasteiger partial charge in [0.1, 0.15) is 12.3 Å². The maximum atomic E-state index is 12.7. The van der Waals surface area contributed by atoms with Crippen LogP contribution < -0.4 is 4.90 Å². The maximum absolute atomic E-state index is 12.7. The van der Waals surface area contributed by atoms with Gasteiger partial charge in [-0.25, -0.2) is 4.98 Å². The highest BCUT2D eigenvalue weighted by atomic mass is 16.2. The van der Waals surface area contributed by atoms with Crippen molar-refractivity contribution < 1.29 is 9.90 Å². The van der Waals surface area contributed by atoms with Crippen molar-refractivity contribution >= 4 is 11.6 Å². The number of benzene rings is 1. The fourth-order valence-corrected chi connectivity index (χ4v) is 1.99. The molecule has 0 spiro atoms. The van der Waals surface area contributed by atoms with E-state index in [0.29, 0.717) is 17.8 Å². The summed E-state index contributed by atoms with van der Waals surface area (Å²) in [7, 11) is 0. The molecule has 4 heteroatoms. The number of amides is 1. The Hall–Kier alpha value is -2.64. The van der Waals surface area contributed by atoms with Crippen LogP contribution in [0, 0.1) is 11.8 Å². The summed E-state index contributed by atoms with van der Waals surface area (Å²) < 4.78 is 0. The second kappa shape index (κ2) is 7.22. The molecule has 1 heterocycles. The average molecular weight is 280 g/mol. The minimum absolute atomic E-state index is 0.202. The molecule has 0 atom stereocenters. The number of aromatic nitrogens is 1. The van der Waals surface area contributed by atoms with Gasteiger partial charge in [-0.3, -0.25) is 4.79 Å². The normalized spacial score (nSPS) is 9.62. The summed E-state index contributed by atoms with van der Waals surface area (Å²) in [5.74, 6) is 5.11. The summed E-state index contributed by atoms with van der Waals surface area (Å²) in [6.07, 6.45) is 1.57. The molecule has 1 aromatic heterocycles.